The summed E-state index contributed by atoms with van der Waals surface area (Å²) < 4.78 is 29.1. The highest BCUT2D eigenvalue weighted by Gasteiger charge is 2.14. The normalized spacial score (nSPS) is 12.9. The summed E-state index contributed by atoms with van der Waals surface area (Å²) >= 11 is 0. The van der Waals surface area contributed by atoms with Crippen LogP contribution in [0, 0.1) is 0 Å². The topological polar surface area (TPSA) is 55.4 Å². The molecular formula is C16H19NO3S. The largest absolute Gasteiger partial charge is 0.484 e. The Morgan fingerprint density at radius 1 is 1.10 bits per heavy atom. The van der Waals surface area contributed by atoms with Crippen LogP contribution in [0.3, 0.4) is 0 Å². The smallest absolute Gasteiger partial charge is 0.175 e. The lowest BCUT2D eigenvalue weighted by Crippen LogP contribution is -2.22. The van der Waals surface area contributed by atoms with Crippen molar-refractivity contribution in [2.45, 2.75) is 11.0 Å². The summed E-state index contributed by atoms with van der Waals surface area (Å²) in [5, 5.41) is 3.09. The quantitative estimate of drug-likeness (QED) is 0.890. The van der Waals surface area contributed by atoms with Crippen molar-refractivity contribution >= 4 is 9.84 Å². The van der Waals surface area contributed by atoms with Crippen LogP contribution < -0.4 is 10.1 Å². The molecule has 1 N–H and O–H groups in total. The Bertz CT molecular complexity index is 684. The van der Waals surface area contributed by atoms with Crippen LogP contribution in [0.4, 0.5) is 0 Å². The van der Waals surface area contributed by atoms with Crippen LogP contribution in [-0.2, 0) is 9.84 Å². The molecule has 0 aliphatic rings. The average Bonchev–Trinajstić information content (AvgIpc) is 2.47. The van der Waals surface area contributed by atoms with Crippen molar-refractivity contribution in [1.82, 2.24) is 5.32 Å². The minimum absolute atomic E-state index is 0.175. The highest BCUT2D eigenvalue weighted by atomic mass is 32.2. The Kier molecular flexibility index (Phi) is 4.98. The Morgan fingerprint density at radius 2 is 1.81 bits per heavy atom. The lowest BCUT2D eigenvalue weighted by atomic mass is 10.1. The Labute approximate surface area is 125 Å². The monoisotopic (exact) mass is 305 g/mol. The average molecular weight is 305 g/mol. The molecule has 0 spiro atoms. The van der Waals surface area contributed by atoms with Gasteiger partial charge in [-0.05, 0) is 30.8 Å². The molecule has 0 fully saturated rings. The first kappa shape index (κ1) is 15.5. The van der Waals surface area contributed by atoms with Gasteiger partial charge in [-0.1, -0.05) is 36.4 Å². The van der Waals surface area contributed by atoms with Gasteiger partial charge in [0.2, 0.25) is 0 Å². The summed E-state index contributed by atoms with van der Waals surface area (Å²) in [6.07, 6.45) is 1.01. The van der Waals surface area contributed by atoms with Gasteiger partial charge < -0.3 is 10.1 Å². The maximum absolute atomic E-state index is 11.6. The second kappa shape index (κ2) is 6.74. The molecule has 0 aliphatic heterocycles. The Balaban J connectivity index is 2.26. The van der Waals surface area contributed by atoms with Gasteiger partial charge >= 0.3 is 0 Å². The van der Waals surface area contributed by atoms with Crippen LogP contribution in [-0.4, -0.2) is 28.3 Å². The molecule has 0 heterocycles. The molecule has 4 nitrogen and oxygen atoms in total. The fourth-order valence-corrected chi connectivity index (χ4v) is 2.68. The minimum atomic E-state index is -3.23. The van der Waals surface area contributed by atoms with Gasteiger partial charge in [0.25, 0.3) is 0 Å². The minimum Gasteiger partial charge on any atom is -0.484 e. The molecule has 1 atom stereocenters. The number of benzene rings is 2. The maximum Gasteiger partial charge on any atom is 0.175 e. The molecule has 0 saturated carbocycles. The Morgan fingerprint density at radius 3 is 2.43 bits per heavy atom. The molecule has 0 bridgehead atoms. The van der Waals surface area contributed by atoms with Gasteiger partial charge in [-0.3, -0.25) is 0 Å². The first-order chi connectivity index (χ1) is 10.0. The molecule has 0 aromatic heterocycles. The van der Waals surface area contributed by atoms with Crippen LogP contribution in [0.25, 0.3) is 0 Å². The third-order valence-corrected chi connectivity index (χ3v) is 4.18. The fourth-order valence-electron chi connectivity index (χ4n) is 2.02. The van der Waals surface area contributed by atoms with E-state index in [1.54, 1.807) is 24.3 Å². The molecule has 0 aliphatic carbocycles. The van der Waals surface area contributed by atoms with Gasteiger partial charge in [0.1, 0.15) is 11.9 Å². The SMILES string of the molecule is CNCC(Oc1cccc(S(C)(=O)=O)c1)c1ccccc1. The first-order valence-corrected chi connectivity index (χ1v) is 8.56. The standard InChI is InChI=1S/C16H19NO3S/c1-17-12-16(13-7-4-3-5-8-13)20-14-9-6-10-15(11-14)21(2,18)19/h3-11,16-17H,12H2,1-2H3. The first-order valence-electron chi connectivity index (χ1n) is 6.67. The van der Waals surface area contributed by atoms with Gasteiger partial charge in [0.15, 0.2) is 9.84 Å². The van der Waals surface area contributed by atoms with E-state index in [0.717, 1.165) is 5.56 Å². The summed E-state index contributed by atoms with van der Waals surface area (Å²) in [6.45, 7) is 0.632. The van der Waals surface area contributed by atoms with E-state index in [-0.39, 0.29) is 11.0 Å². The van der Waals surface area contributed by atoms with Gasteiger partial charge in [-0.15, -0.1) is 0 Å². The number of likely N-dealkylation sites (N-methyl/N-ethyl adjacent to an activating group) is 1. The third-order valence-electron chi connectivity index (χ3n) is 3.07. The summed E-state index contributed by atoms with van der Waals surface area (Å²) in [5.41, 5.74) is 1.04. The predicted octanol–water partition coefficient (Wildman–Crippen LogP) is 2.43. The van der Waals surface area contributed by atoms with Crippen molar-refractivity contribution in [3.8, 4) is 5.75 Å². The molecule has 1 unspecified atom stereocenters. The van der Waals surface area contributed by atoms with Crippen molar-refractivity contribution in [3.63, 3.8) is 0 Å². The lowest BCUT2D eigenvalue weighted by Gasteiger charge is -2.19. The van der Waals surface area contributed by atoms with E-state index in [1.165, 1.54) is 6.26 Å². The van der Waals surface area contributed by atoms with Crippen LogP contribution >= 0.6 is 0 Å². The second-order valence-electron chi connectivity index (χ2n) is 4.82. The van der Waals surface area contributed by atoms with Crippen molar-refractivity contribution < 1.29 is 13.2 Å². The van der Waals surface area contributed by atoms with E-state index in [2.05, 4.69) is 5.32 Å². The third kappa shape index (κ3) is 4.31. The van der Waals surface area contributed by atoms with E-state index in [4.69, 9.17) is 4.74 Å². The van der Waals surface area contributed by atoms with Crippen LogP contribution in [0.1, 0.15) is 11.7 Å². The zero-order valence-corrected chi connectivity index (χ0v) is 12.9. The molecule has 21 heavy (non-hydrogen) atoms. The summed E-state index contributed by atoms with van der Waals surface area (Å²) in [5.74, 6) is 0.544. The van der Waals surface area contributed by atoms with Crippen molar-refractivity contribution in [2.75, 3.05) is 19.8 Å². The number of hydrogen-bond acceptors (Lipinski definition) is 4. The van der Waals surface area contributed by atoms with Crippen molar-refractivity contribution in [3.05, 3.63) is 60.2 Å². The van der Waals surface area contributed by atoms with E-state index in [0.29, 0.717) is 12.3 Å². The Hall–Kier alpha value is -1.85. The molecule has 2 aromatic rings. The van der Waals surface area contributed by atoms with Gasteiger partial charge in [0, 0.05) is 12.8 Å². The summed E-state index contributed by atoms with van der Waals surface area (Å²) in [4.78, 5) is 0.260. The van der Waals surface area contributed by atoms with E-state index >= 15 is 0 Å². The molecular weight excluding hydrogens is 286 g/mol. The van der Waals surface area contributed by atoms with Gasteiger partial charge in [-0.25, -0.2) is 8.42 Å². The lowest BCUT2D eigenvalue weighted by molar-refractivity contribution is 0.204. The highest BCUT2D eigenvalue weighted by molar-refractivity contribution is 7.90. The fraction of sp³-hybridized carbons (Fsp3) is 0.250. The molecule has 0 radical (unpaired) electrons. The summed E-state index contributed by atoms with van der Waals surface area (Å²) in [7, 11) is -1.38. The maximum atomic E-state index is 11.6. The molecule has 5 heteroatoms. The van der Waals surface area contributed by atoms with E-state index in [1.807, 2.05) is 37.4 Å². The van der Waals surface area contributed by atoms with E-state index in [9.17, 15) is 8.42 Å². The summed E-state index contributed by atoms with van der Waals surface area (Å²) in [6, 6.07) is 16.4. The molecule has 2 rings (SSSR count). The molecule has 2 aromatic carbocycles. The van der Waals surface area contributed by atoms with E-state index < -0.39 is 9.84 Å². The highest BCUT2D eigenvalue weighted by Crippen LogP contribution is 2.24. The molecule has 112 valence electrons. The number of nitrogens with one attached hydrogen (secondary N) is 1. The van der Waals surface area contributed by atoms with Gasteiger partial charge in [-0.2, -0.15) is 0 Å². The number of ether oxygens (including phenoxy) is 1. The molecule has 0 saturated heterocycles. The van der Waals surface area contributed by atoms with Crippen molar-refractivity contribution in [2.24, 2.45) is 0 Å². The predicted molar refractivity (Wildman–Crippen MR) is 83.3 cm³/mol. The number of hydrogen-bond donors (Lipinski definition) is 1. The zero-order valence-electron chi connectivity index (χ0n) is 12.1. The van der Waals surface area contributed by atoms with Gasteiger partial charge in [0.05, 0.1) is 4.90 Å². The van der Waals surface area contributed by atoms with Crippen LogP contribution in [0.5, 0.6) is 5.75 Å². The molecule has 0 amide bonds. The van der Waals surface area contributed by atoms with Crippen LogP contribution in [0.2, 0.25) is 0 Å². The van der Waals surface area contributed by atoms with Crippen molar-refractivity contribution in [1.29, 1.82) is 0 Å². The second-order valence-corrected chi connectivity index (χ2v) is 6.84. The van der Waals surface area contributed by atoms with Crippen LogP contribution in [0.15, 0.2) is 59.5 Å². The number of sulfone groups is 1. The number of rotatable bonds is 6. The zero-order chi connectivity index (χ0) is 15.3.